The first-order valence-corrected chi connectivity index (χ1v) is 11.9. The van der Waals surface area contributed by atoms with Crippen molar-refractivity contribution in [1.29, 1.82) is 0 Å². The molecule has 1 aliphatic heterocycles. The van der Waals surface area contributed by atoms with E-state index in [9.17, 15) is 4.79 Å². The highest BCUT2D eigenvalue weighted by Crippen LogP contribution is 2.43. The van der Waals surface area contributed by atoms with Gasteiger partial charge in [-0.25, -0.2) is 0 Å². The van der Waals surface area contributed by atoms with Crippen LogP contribution in [0, 0.1) is 0 Å². The third kappa shape index (κ3) is 4.33. The number of aromatic nitrogens is 2. The average Bonchev–Trinajstić information content (AvgIpc) is 3.58. The molecule has 1 atom stereocenters. The molecule has 1 unspecified atom stereocenters. The number of ether oxygens (including phenoxy) is 1. The van der Waals surface area contributed by atoms with Gasteiger partial charge >= 0.3 is 0 Å². The first-order chi connectivity index (χ1) is 16.7. The Hall–Kier alpha value is -3.51. The lowest BCUT2D eigenvalue weighted by molar-refractivity contribution is 0.0717. The number of H-pyrrole nitrogens is 1. The van der Waals surface area contributed by atoms with Crippen molar-refractivity contribution in [1.82, 2.24) is 15.1 Å². The highest BCUT2D eigenvalue weighted by molar-refractivity contribution is 6.30. The maximum atomic E-state index is 13.4. The number of hydrogen-bond acceptors (Lipinski definition) is 4. The molecule has 34 heavy (non-hydrogen) atoms. The number of nitrogens with one attached hydrogen (secondary N) is 1. The minimum atomic E-state index is -0.314. The van der Waals surface area contributed by atoms with Crippen molar-refractivity contribution in [2.24, 2.45) is 0 Å². The molecule has 6 nitrogen and oxygen atoms in total. The molecule has 4 aromatic rings. The van der Waals surface area contributed by atoms with E-state index < -0.39 is 0 Å². The first kappa shape index (κ1) is 22.3. The Labute approximate surface area is 203 Å². The lowest BCUT2D eigenvalue weighted by Crippen LogP contribution is -2.28. The summed E-state index contributed by atoms with van der Waals surface area (Å²) in [6, 6.07) is 18.9. The topological polar surface area (TPSA) is 71.4 Å². The fraction of sp³-hybridized carbons (Fsp3) is 0.259. The molecule has 0 bridgehead atoms. The van der Waals surface area contributed by atoms with Crippen LogP contribution in [-0.4, -0.2) is 27.6 Å². The van der Waals surface area contributed by atoms with E-state index in [1.165, 1.54) is 0 Å². The second kappa shape index (κ2) is 9.77. The summed E-state index contributed by atoms with van der Waals surface area (Å²) in [5.74, 6) is 1.44. The molecule has 0 radical (unpaired) electrons. The normalized spacial score (nSPS) is 15.1. The molecular formula is C27H26ClN3O3. The number of furan rings is 1. The molecule has 5 rings (SSSR count). The summed E-state index contributed by atoms with van der Waals surface area (Å²) in [5, 5.41) is 8.14. The van der Waals surface area contributed by atoms with Gasteiger partial charge in [-0.05, 0) is 48.4 Å². The number of unbranched alkanes of at least 4 members (excludes halogenated alkanes) is 2. The van der Waals surface area contributed by atoms with E-state index >= 15 is 0 Å². The van der Waals surface area contributed by atoms with Crippen LogP contribution in [0.25, 0.3) is 11.3 Å². The van der Waals surface area contributed by atoms with E-state index in [0.29, 0.717) is 23.9 Å². The molecule has 0 aliphatic carbocycles. The fourth-order valence-corrected chi connectivity index (χ4v) is 4.52. The van der Waals surface area contributed by atoms with Gasteiger partial charge in [0.05, 0.1) is 31.2 Å². The first-order valence-electron chi connectivity index (χ1n) is 11.6. The van der Waals surface area contributed by atoms with Gasteiger partial charge in [0, 0.05) is 16.1 Å². The van der Waals surface area contributed by atoms with Gasteiger partial charge in [0.2, 0.25) is 0 Å². The second-order valence-corrected chi connectivity index (χ2v) is 8.84. The molecule has 0 saturated carbocycles. The smallest absolute Gasteiger partial charge is 0.273 e. The number of carbonyl (C=O) groups is 1. The number of halogens is 1. The van der Waals surface area contributed by atoms with E-state index in [4.69, 9.17) is 20.8 Å². The Kier molecular flexibility index (Phi) is 6.41. The largest absolute Gasteiger partial charge is 0.494 e. The summed E-state index contributed by atoms with van der Waals surface area (Å²) in [6.45, 7) is 3.23. The maximum Gasteiger partial charge on any atom is 0.273 e. The van der Waals surface area contributed by atoms with Crippen LogP contribution in [-0.2, 0) is 6.54 Å². The average molecular weight is 476 g/mol. The zero-order valence-corrected chi connectivity index (χ0v) is 19.7. The Balaban J connectivity index is 1.51. The van der Waals surface area contributed by atoms with Crippen molar-refractivity contribution in [3.05, 3.63) is 94.5 Å². The van der Waals surface area contributed by atoms with Crippen LogP contribution in [0.2, 0.25) is 5.02 Å². The molecule has 1 N–H and O–H groups in total. The number of fused-ring (bicyclic) bond motifs is 1. The van der Waals surface area contributed by atoms with Crippen molar-refractivity contribution in [2.75, 3.05) is 6.61 Å². The molecule has 2 aromatic carbocycles. The Bertz CT molecular complexity index is 1250. The summed E-state index contributed by atoms with van der Waals surface area (Å²) in [7, 11) is 0. The number of aromatic amines is 1. The second-order valence-electron chi connectivity index (χ2n) is 8.41. The number of carbonyl (C=O) groups excluding carboxylic acids is 1. The Morgan fingerprint density at radius 1 is 1.09 bits per heavy atom. The van der Waals surface area contributed by atoms with Gasteiger partial charge in [0.1, 0.15) is 17.2 Å². The van der Waals surface area contributed by atoms with E-state index in [0.717, 1.165) is 53.2 Å². The molecule has 7 heteroatoms. The number of hydrogen-bond donors (Lipinski definition) is 1. The summed E-state index contributed by atoms with van der Waals surface area (Å²) < 4.78 is 11.5. The van der Waals surface area contributed by atoms with E-state index in [1.807, 2.05) is 65.6 Å². The van der Waals surface area contributed by atoms with E-state index in [2.05, 4.69) is 17.1 Å². The van der Waals surface area contributed by atoms with Gasteiger partial charge in [0.15, 0.2) is 0 Å². The maximum absolute atomic E-state index is 13.4. The van der Waals surface area contributed by atoms with Crippen molar-refractivity contribution >= 4 is 17.5 Å². The van der Waals surface area contributed by atoms with E-state index in [1.54, 1.807) is 6.26 Å². The molecule has 2 aromatic heterocycles. The van der Waals surface area contributed by atoms with Gasteiger partial charge in [-0.15, -0.1) is 0 Å². The lowest BCUT2D eigenvalue weighted by atomic mass is 9.96. The Morgan fingerprint density at radius 2 is 1.88 bits per heavy atom. The van der Waals surface area contributed by atoms with Gasteiger partial charge in [0.25, 0.3) is 5.91 Å². The standard InChI is InChI=1S/C27H26ClN3O3/c1-2-3-4-15-33-21-13-9-19(10-14-21)26-23-24(18-7-11-20(28)12-8-18)29-30-25(23)27(32)31(26)17-22-6-5-16-34-22/h5-14,16,26H,2-4,15,17H2,1H3,(H,29,30). The van der Waals surface area contributed by atoms with Crippen molar-refractivity contribution in [3.8, 4) is 17.0 Å². The third-order valence-corrected chi connectivity index (χ3v) is 6.35. The number of rotatable bonds is 9. The quantitative estimate of drug-likeness (QED) is 0.275. The number of benzene rings is 2. The number of nitrogens with zero attached hydrogens (tertiary/aromatic N) is 2. The van der Waals surface area contributed by atoms with Gasteiger partial charge in [-0.2, -0.15) is 5.10 Å². The summed E-state index contributed by atoms with van der Waals surface area (Å²) in [4.78, 5) is 15.3. The zero-order chi connectivity index (χ0) is 23.5. The monoisotopic (exact) mass is 475 g/mol. The zero-order valence-electron chi connectivity index (χ0n) is 19.0. The minimum Gasteiger partial charge on any atom is -0.494 e. The van der Waals surface area contributed by atoms with Gasteiger partial charge in [-0.1, -0.05) is 55.6 Å². The molecule has 0 fully saturated rings. The lowest BCUT2D eigenvalue weighted by Gasteiger charge is -2.25. The van der Waals surface area contributed by atoms with E-state index in [-0.39, 0.29) is 11.9 Å². The van der Waals surface area contributed by atoms with Crippen LogP contribution in [0.4, 0.5) is 0 Å². The number of amides is 1. The van der Waals surface area contributed by atoms with Gasteiger partial charge in [-0.3, -0.25) is 9.89 Å². The van der Waals surface area contributed by atoms with Crippen LogP contribution >= 0.6 is 11.6 Å². The van der Waals surface area contributed by atoms with Crippen LogP contribution in [0.1, 0.15) is 59.6 Å². The molecule has 1 aliphatic rings. The SMILES string of the molecule is CCCCCOc1ccc(C2c3c(-c4ccc(Cl)cc4)n[nH]c3C(=O)N2Cc2ccco2)cc1. The predicted molar refractivity (Wildman–Crippen MR) is 131 cm³/mol. The van der Waals surface area contributed by atoms with Crippen molar-refractivity contribution in [3.63, 3.8) is 0 Å². The minimum absolute atomic E-state index is 0.107. The van der Waals surface area contributed by atoms with Crippen LogP contribution in [0.3, 0.4) is 0 Å². The predicted octanol–water partition coefficient (Wildman–Crippen LogP) is 6.64. The van der Waals surface area contributed by atoms with Gasteiger partial charge < -0.3 is 14.1 Å². The third-order valence-electron chi connectivity index (χ3n) is 6.10. The van der Waals surface area contributed by atoms with Crippen LogP contribution < -0.4 is 4.74 Å². The summed E-state index contributed by atoms with van der Waals surface area (Å²) in [6.07, 6.45) is 4.97. The van der Waals surface area contributed by atoms with Crippen LogP contribution in [0.5, 0.6) is 5.75 Å². The molecule has 174 valence electrons. The summed E-state index contributed by atoms with van der Waals surface area (Å²) in [5.41, 5.74) is 3.98. The van der Waals surface area contributed by atoms with Crippen LogP contribution in [0.15, 0.2) is 71.3 Å². The summed E-state index contributed by atoms with van der Waals surface area (Å²) >= 11 is 6.10. The highest BCUT2D eigenvalue weighted by atomic mass is 35.5. The highest BCUT2D eigenvalue weighted by Gasteiger charge is 2.42. The molecule has 3 heterocycles. The molecule has 1 amide bonds. The fourth-order valence-electron chi connectivity index (χ4n) is 4.39. The van der Waals surface area contributed by atoms with Crippen molar-refractivity contribution in [2.45, 2.75) is 38.8 Å². The molecule has 0 spiro atoms. The Morgan fingerprint density at radius 3 is 2.59 bits per heavy atom. The molecular weight excluding hydrogens is 450 g/mol. The van der Waals surface area contributed by atoms with Crippen molar-refractivity contribution < 1.29 is 13.9 Å². The molecule has 0 saturated heterocycles.